The van der Waals surface area contributed by atoms with Crippen LogP contribution in [0.3, 0.4) is 0 Å². The Labute approximate surface area is 116 Å². The molecule has 20 heavy (non-hydrogen) atoms. The average molecular weight is 296 g/mol. The normalized spacial score (nSPS) is 16.3. The van der Waals surface area contributed by atoms with E-state index in [1.54, 1.807) is 0 Å². The maximum Gasteiger partial charge on any atom is 0.320 e. The molecule has 0 radical (unpaired) electrons. The molecule has 9 N–H and O–H groups in total. The number of aldehydes is 1. The van der Waals surface area contributed by atoms with Gasteiger partial charge in [-0.1, -0.05) is 6.42 Å². The lowest BCUT2D eigenvalue weighted by molar-refractivity contribution is -0.138. The molecule has 0 heterocycles. The van der Waals surface area contributed by atoms with Gasteiger partial charge in [-0.3, -0.25) is 4.79 Å². The summed E-state index contributed by atoms with van der Waals surface area (Å²) < 4.78 is 0. The van der Waals surface area contributed by atoms with Crippen LogP contribution in [0.2, 0.25) is 0 Å². The molecule has 4 atom stereocenters. The van der Waals surface area contributed by atoms with Crippen molar-refractivity contribution < 1.29 is 35.1 Å². The van der Waals surface area contributed by atoms with Crippen molar-refractivity contribution in [1.82, 2.24) is 0 Å². The van der Waals surface area contributed by atoms with E-state index in [2.05, 4.69) is 0 Å². The molecule has 0 aromatic carbocycles. The lowest BCUT2D eigenvalue weighted by atomic mass is 10.1. The molecule has 0 saturated heterocycles. The van der Waals surface area contributed by atoms with Crippen molar-refractivity contribution in [1.29, 1.82) is 0 Å². The summed E-state index contributed by atoms with van der Waals surface area (Å²) in [6, 6.07) is -0.716. The standard InChI is InChI=1S/C6H14N2O2.C5H10O5/c7-4-2-1-3-5(8)6(9)10;6-1-3(8)5(10)4(9)2-7/h5H,1-4,7-8H2,(H,9,10);1,3-5,7-10H,2H2/t;3-,4+,5+/m.0/s1. The molecule has 9 nitrogen and oxygen atoms in total. The number of carbonyl (C=O) groups is 2. The van der Waals surface area contributed by atoms with Gasteiger partial charge in [0.15, 0.2) is 6.29 Å². The van der Waals surface area contributed by atoms with E-state index in [1.165, 1.54) is 0 Å². The zero-order valence-electron chi connectivity index (χ0n) is 11.1. The zero-order chi connectivity index (χ0) is 16.1. The third-order valence-corrected chi connectivity index (χ3v) is 2.36. The number of carboxylic acid groups (broad SMARTS) is 1. The third-order valence-electron chi connectivity index (χ3n) is 2.36. The fraction of sp³-hybridized carbons (Fsp3) is 0.818. The second kappa shape index (κ2) is 12.9. The van der Waals surface area contributed by atoms with E-state index >= 15 is 0 Å². The van der Waals surface area contributed by atoms with Gasteiger partial charge in [-0.05, 0) is 19.4 Å². The number of aliphatic hydroxyl groups is 4. The summed E-state index contributed by atoms with van der Waals surface area (Å²) in [5.41, 5.74) is 10.4. The number of aliphatic carboxylic acids is 1. The number of carboxylic acids is 1. The minimum atomic E-state index is -1.64. The second-order valence-electron chi connectivity index (χ2n) is 4.10. The molecule has 0 aromatic rings. The predicted octanol–water partition coefficient (Wildman–Crippen LogP) is -3.21. The Kier molecular flexibility index (Phi) is 13.7. The first-order valence-corrected chi connectivity index (χ1v) is 6.10. The number of unbranched alkanes of at least 4 members (excludes halogenated alkanes) is 1. The van der Waals surface area contributed by atoms with Crippen LogP contribution in [0.25, 0.3) is 0 Å². The lowest BCUT2D eigenvalue weighted by Gasteiger charge is -2.16. The van der Waals surface area contributed by atoms with Gasteiger partial charge in [-0.15, -0.1) is 0 Å². The van der Waals surface area contributed by atoms with Crippen LogP contribution >= 0.6 is 0 Å². The van der Waals surface area contributed by atoms with Crippen molar-refractivity contribution in [2.45, 2.75) is 43.6 Å². The SMILES string of the molecule is NCCCCC(N)C(=O)O.O=C[C@H](O)[C@@H](O)[C@H](O)CO. The van der Waals surface area contributed by atoms with Crippen molar-refractivity contribution in [3.05, 3.63) is 0 Å². The van der Waals surface area contributed by atoms with Gasteiger partial charge in [0.2, 0.25) is 0 Å². The molecule has 120 valence electrons. The van der Waals surface area contributed by atoms with Crippen LogP contribution < -0.4 is 11.5 Å². The van der Waals surface area contributed by atoms with Crippen molar-refractivity contribution >= 4 is 12.3 Å². The number of rotatable bonds is 9. The van der Waals surface area contributed by atoms with Crippen LogP contribution in [0, 0.1) is 0 Å². The molecular weight excluding hydrogens is 272 g/mol. The molecule has 0 rings (SSSR count). The van der Waals surface area contributed by atoms with E-state index < -0.39 is 36.9 Å². The molecular formula is C11H24N2O7. The number of nitrogens with two attached hydrogens (primary N) is 2. The van der Waals surface area contributed by atoms with Gasteiger partial charge >= 0.3 is 5.97 Å². The summed E-state index contributed by atoms with van der Waals surface area (Å²) in [5.74, 6) is -0.933. The number of hydrogen-bond donors (Lipinski definition) is 7. The minimum Gasteiger partial charge on any atom is -0.480 e. The van der Waals surface area contributed by atoms with Crippen LogP contribution in [-0.4, -0.2) is 75.3 Å². The summed E-state index contributed by atoms with van der Waals surface area (Å²) in [7, 11) is 0. The summed E-state index contributed by atoms with van der Waals surface area (Å²) in [4.78, 5) is 19.9. The van der Waals surface area contributed by atoms with Gasteiger partial charge in [0, 0.05) is 0 Å². The monoisotopic (exact) mass is 296 g/mol. The van der Waals surface area contributed by atoms with Gasteiger partial charge in [-0.2, -0.15) is 0 Å². The van der Waals surface area contributed by atoms with Crippen LogP contribution in [0.1, 0.15) is 19.3 Å². The maximum absolute atomic E-state index is 10.1. The molecule has 0 aliphatic rings. The number of aliphatic hydroxyl groups excluding tert-OH is 4. The quantitative estimate of drug-likeness (QED) is 0.170. The van der Waals surface area contributed by atoms with Gasteiger partial charge in [0.1, 0.15) is 24.4 Å². The van der Waals surface area contributed by atoms with Crippen molar-refractivity contribution in [3.8, 4) is 0 Å². The van der Waals surface area contributed by atoms with E-state index in [0.29, 0.717) is 13.0 Å². The van der Waals surface area contributed by atoms with Gasteiger partial charge in [-0.25, -0.2) is 0 Å². The third kappa shape index (κ3) is 10.8. The van der Waals surface area contributed by atoms with Crippen molar-refractivity contribution in [2.24, 2.45) is 11.5 Å². The Balaban J connectivity index is 0. The zero-order valence-corrected chi connectivity index (χ0v) is 11.1. The van der Waals surface area contributed by atoms with Gasteiger partial charge < -0.3 is 41.8 Å². The second-order valence-corrected chi connectivity index (χ2v) is 4.10. The fourth-order valence-corrected chi connectivity index (χ4v) is 1.05. The van der Waals surface area contributed by atoms with Crippen molar-refractivity contribution in [3.63, 3.8) is 0 Å². The summed E-state index contributed by atoms with van der Waals surface area (Å²) in [6.07, 6.45) is -2.47. The molecule has 0 fully saturated rings. The van der Waals surface area contributed by atoms with Crippen LogP contribution in [0.4, 0.5) is 0 Å². The topological polar surface area (TPSA) is 187 Å². The van der Waals surface area contributed by atoms with E-state index in [4.69, 9.17) is 37.0 Å². The lowest BCUT2D eigenvalue weighted by Crippen LogP contribution is -2.40. The van der Waals surface area contributed by atoms with Gasteiger partial charge in [0.05, 0.1) is 6.61 Å². The summed E-state index contributed by atoms with van der Waals surface area (Å²) in [6.45, 7) is -0.0849. The maximum atomic E-state index is 10.1. The molecule has 9 heteroatoms. The van der Waals surface area contributed by atoms with E-state index in [0.717, 1.165) is 12.8 Å². The Morgan fingerprint density at radius 1 is 1.20 bits per heavy atom. The first kappa shape index (κ1) is 21.2. The molecule has 1 unspecified atom stereocenters. The molecule has 0 bridgehead atoms. The van der Waals surface area contributed by atoms with Crippen LogP contribution in [0.5, 0.6) is 0 Å². The highest BCUT2D eigenvalue weighted by Gasteiger charge is 2.22. The Morgan fingerprint density at radius 3 is 2.10 bits per heavy atom. The first-order valence-electron chi connectivity index (χ1n) is 6.10. The van der Waals surface area contributed by atoms with Gasteiger partial charge in [0.25, 0.3) is 0 Å². The molecule has 0 spiro atoms. The Morgan fingerprint density at radius 2 is 1.75 bits per heavy atom. The highest BCUT2D eigenvalue weighted by molar-refractivity contribution is 5.72. The number of hydrogen-bond acceptors (Lipinski definition) is 8. The number of carbonyl (C=O) groups excluding carboxylic acids is 1. The van der Waals surface area contributed by atoms with Crippen LogP contribution in [-0.2, 0) is 9.59 Å². The van der Waals surface area contributed by atoms with Crippen molar-refractivity contribution in [2.75, 3.05) is 13.2 Å². The Bertz CT molecular complexity index is 265. The van der Waals surface area contributed by atoms with E-state index in [-0.39, 0.29) is 6.29 Å². The molecule has 0 saturated carbocycles. The predicted molar refractivity (Wildman–Crippen MR) is 69.7 cm³/mol. The highest BCUT2D eigenvalue weighted by atomic mass is 16.4. The summed E-state index contributed by atoms with van der Waals surface area (Å²) >= 11 is 0. The molecule has 0 aromatic heterocycles. The largest absolute Gasteiger partial charge is 0.480 e. The van der Waals surface area contributed by atoms with E-state index in [1.807, 2.05) is 0 Å². The molecule has 0 aliphatic carbocycles. The smallest absolute Gasteiger partial charge is 0.320 e. The highest BCUT2D eigenvalue weighted by Crippen LogP contribution is 1.97. The van der Waals surface area contributed by atoms with E-state index in [9.17, 15) is 9.59 Å². The molecule has 0 aliphatic heterocycles. The Hall–Kier alpha value is -1.10. The average Bonchev–Trinajstić information content (AvgIpc) is 2.45. The minimum absolute atomic E-state index is 0.0869. The summed E-state index contributed by atoms with van der Waals surface area (Å²) in [5, 5.41) is 42.4. The molecule has 0 amide bonds. The fourth-order valence-electron chi connectivity index (χ4n) is 1.05. The first-order chi connectivity index (χ1) is 9.31. The van der Waals surface area contributed by atoms with Crippen LogP contribution in [0.15, 0.2) is 0 Å².